The van der Waals surface area contributed by atoms with Gasteiger partial charge in [-0.3, -0.25) is 0 Å². The Balaban J connectivity index is 2.47. The zero-order chi connectivity index (χ0) is 15.7. The fraction of sp³-hybridized carbons (Fsp3) is 0. The first-order valence-corrected chi connectivity index (χ1v) is 6.32. The largest absolute Gasteiger partial charge is 0.478 e. The fourth-order valence-corrected chi connectivity index (χ4v) is 1.98. The second kappa shape index (κ2) is 5.65. The van der Waals surface area contributed by atoms with Crippen molar-refractivity contribution >= 4 is 39.0 Å². The summed E-state index contributed by atoms with van der Waals surface area (Å²) in [5.74, 6) is -3.99. The van der Waals surface area contributed by atoms with Crippen molar-refractivity contribution in [1.29, 1.82) is 0 Å². The van der Waals surface area contributed by atoms with Crippen molar-refractivity contribution in [1.82, 2.24) is 0 Å². The molecule has 2 aromatic rings. The average molecular weight is 361 g/mol. The summed E-state index contributed by atoms with van der Waals surface area (Å²) >= 11 is 2.87. The van der Waals surface area contributed by atoms with Crippen molar-refractivity contribution in [2.75, 3.05) is 11.1 Å². The molecular formula is C13H8BrF3N2O2. The van der Waals surface area contributed by atoms with Crippen molar-refractivity contribution in [2.24, 2.45) is 0 Å². The number of halogens is 4. The molecule has 0 radical (unpaired) electrons. The molecule has 0 aliphatic rings. The summed E-state index contributed by atoms with van der Waals surface area (Å²) < 4.78 is 40.4. The Morgan fingerprint density at radius 2 is 1.62 bits per heavy atom. The zero-order valence-electron chi connectivity index (χ0n) is 10.3. The molecule has 2 rings (SSSR count). The van der Waals surface area contributed by atoms with Gasteiger partial charge in [-0.05, 0) is 34.1 Å². The van der Waals surface area contributed by atoms with E-state index in [1.54, 1.807) is 0 Å². The third-order valence-electron chi connectivity index (χ3n) is 2.65. The molecule has 4 N–H and O–H groups in total. The molecular weight excluding hydrogens is 353 g/mol. The fourth-order valence-electron chi connectivity index (χ4n) is 1.63. The van der Waals surface area contributed by atoms with Gasteiger partial charge in [0.15, 0.2) is 0 Å². The van der Waals surface area contributed by atoms with Crippen molar-refractivity contribution < 1.29 is 23.1 Å². The van der Waals surface area contributed by atoms with Gasteiger partial charge in [0.1, 0.15) is 17.5 Å². The number of nitrogen functional groups attached to an aromatic ring is 1. The van der Waals surface area contributed by atoms with Gasteiger partial charge in [0.2, 0.25) is 0 Å². The molecule has 0 saturated carbocycles. The molecule has 21 heavy (non-hydrogen) atoms. The maximum Gasteiger partial charge on any atom is 0.337 e. The zero-order valence-corrected chi connectivity index (χ0v) is 11.8. The van der Waals surface area contributed by atoms with Gasteiger partial charge < -0.3 is 16.2 Å². The highest BCUT2D eigenvalue weighted by Gasteiger charge is 2.15. The SMILES string of the molecule is Nc1cc(F)c(Nc2cc(Br)c(F)cc2F)cc1C(=O)O. The van der Waals surface area contributed by atoms with Crippen LogP contribution in [0.1, 0.15) is 10.4 Å². The minimum absolute atomic E-state index is 0.0271. The summed E-state index contributed by atoms with van der Waals surface area (Å²) in [7, 11) is 0. The van der Waals surface area contributed by atoms with E-state index in [9.17, 15) is 18.0 Å². The lowest BCUT2D eigenvalue weighted by Crippen LogP contribution is -2.06. The summed E-state index contributed by atoms with van der Waals surface area (Å²) in [6.07, 6.45) is 0. The topological polar surface area (TPSA) is 75.3 Å². The molecule has 0 fully saturated rings. The number of carbonyl (C=O) groups is 1. The number of nitrogens with one attached hydrogen (secondary N) is 1. The summed E-state index contributed by atoms with van der Waals surface area (Å²) in [6.45, 7) is 0. The summed E-state index contributed by atoms with van der Waals surface area (Å²) in [4.78, 5) is 10.9. The molecule has 8 heteroatoms. The number of anilines is 3. The lowest BCUT2D eigenvalue weighted by Gasteiger charge is -2.11. The van der Waals surface area contributed by atoms with Gasteiger partial charge >= 0.3 is 5.97 Å². The number of hydrogen-bond acceptors (Lipinski definition) is 3. The first-order valence-electron chi connectivity index (χ1n) is 5.53. The van der Waals surface area contributed by atoms with E-state index in [1.165, 1.54) is 0 Å². The number of carboxylic acid groups (broad SMARTS) is 1. The molecule has 0 unspecified atom stereocenters. The second-order valence-electron chi connectivity index (χ2n) is 4.10. The molecule has 110 valence electrons. The standard InChI is InChI=1S/C13H8BrF3N2O2/c14-6-2-12(8(16)3-7(6)15)19-11-1-5(13(20)21)10(18)4-9(11)17/h1-4,19H,18H2,(H,20,21). The minimum atomic E-state index is -1.35. The summed E-state index contributed by atoms with van der Waals surface area (Å²) in [5, 5.41) is 11.3. The van der Waals surface area contributed by atoms with Gasteiger partial charge in [0.25, 0.3) is 0 Å². The van der Waals surface area contributed by atoms with Gasteiger partial charge in [-0.15, -0.1) is 0 Å². The van der Waals surface area contributed by atoms with Crippen LogP contribution in [0.15, 0.2) is 28.7 Å². The number of nitrogens with two attached hydrogens (primary N) is 1. The first kappa shape index (κ1) is 15.2. The molecule has 0 saturated heterocycles. The van der Waals surface area contributed by atoms with E-state index >= 15 is 0 Å². The van der Waals surface area contributed by atoms with Gasteiger partial charge in [-0.25, -0.2) is 18.0 Å². The summed E-state index contributed by atoms with van der Waals surface area (Å²) in [5.41, 5.74) is 4.28. The Hall–Kier alpha value is -2.22. The molecule has 0 amide bonds. The van der Waals surface area contributed by atoms with Crippen LogP contribution in [0.2, 0.25) is 0 Å². The van der Waals surface area contributed by atoms with Gasteiger partial charge in [0.05, 0.1) is 21.4 Å². The molecule has 0 aromatic heterocycles. The van der Waals surface area contributed by atoms with Crippen molar-refractivity contribution in [2.45, 2.75) is 0 Å². The molecule has 0 heterocycles. The Morgan fingerprint density at radius 1 is 1.05 bits per heavy atom. The van der Waals surface area contributed by atoms with E-state index in [0.717, 1.165) is 18.2 Å². The first-order chi connectivity index (χ1) is 9.79. The van der Waals surface area contributed by atoms with Crippen LogP contribution < -0.4 is 11.1 Å². The lowest BCUT2D eigenvalue weighted by atomic mass is 10.1. The third kappa shape index (κ3) is 3.10. The van der Waals surface area contributed by atoms with E-state index in [0.29, 0.717) is 6.07 Å². The highest BCUT2D eigenvalue weighted by Crippen LogP contribution is 2.29. The van der Waals surface area contributed by atoms with Gasteiger partial charge in [0, 0.05) is 11.8 Å². The predicted octanol–water partition coefficient (Wildman–Crippen LogP) is 3.89. The van der Waals surface area contributed by atoms with Crippen LogP contribution in [0.4, 0.5) is 30.2 Å². The number of rotatable bonds is 3. The molecule has 0 spiro atoms. The Bertz CT molecular complexity index is 738. The highest BCUT2D eigenvalue weighted by molar-refractivity contribution is 9.10. The van der Waals surface area contributed by atoms with Crippen LogP contribution >= 0.6 is 15.9 Å². The maximum atomic E-state index is 13.7. The van der Waals surface area contributed by atoms with E-state index in [-0.39, 0.29) is 27.1 Å². The molecule has 2 aromatic carbocycles. The van der Waals surface area contributed by atoms with E-state index in [4.69, 9.17) is 10.8 Å². The van der Waals surface area contributed by atoms with Crippen LogP contribution in [-0.4, -0.2) is 11.1 Å². The van der Waals surface area contributed by atoms with Crippen LogP contribution in [0.5, 0.6) is 0 Å². The van der Waals surface area contributed by atoms with Crippen LogP contribution in [-0.2, 0) is 0 Å². The van der Waals surface area contributed by atoms with E-state index < -0.39 is 23.4 Å². The lowest BCUT2D eigenvalue weighted by molar-refractivity contribution is 0.0698. The van der Waals surface area contributed by atoms with Crippen LogP contribution in [0, 0.1) is 17.5 Å². The van der Waals surface area contributed by atoms with Crippen molar-refractivity contribution in [3.63, 3.8) is 0 Å². The third-order valence-corrected chi connectivity index (χ3v) is 3.26. The normalized spacial score (nSPS) is 10.5. The van der Waals surface area contributed by atoms with E-state index in [2.05, 4.69) is 21.2 Å². The molecule has 0 aliphatic heterocycles. The van der Waals surface area contributed by atoms with Crippen LogP contribution in [0.25, 0.3) is 0 Å². The second-order valence-corrected chi connectivity index (χ2v) is 4.95. The highest BCUT2D eigenvalue weighted by atomic mass is 79.9. The molecule has 0 atom stereocenters. The predicted molar refractivity (Wildman–Crippen MR) is 75.1 cm³/mol. The number of benzene rings is 2. The van der Waals surface area contributed by atoms with Gasteiger partial charge in [-0.2, -0.15) is 0 Å². The van der Waals surface area contributed by atoms with Gasteiger partial charge in [-0.1, -0.05) is 0 Å². The average Bonchev–Trinajstić information content (AvgIpc) is 2.38. The number of hydrogen-bond donors (Lipinski definition) is 3. The monoisotopic (exact) mass is 360 g/mol. The van der Waals surface area contributed by atoms with Crippen molar-refractivity contribution in [3.8, 4) is 0 Å². The van der Waals surface area contributed by atoms with E-state index in [1.807, 2.05) is 0 Å². The Kier molecular flexibility index (Phi) is 4.08. The Labute approximate surface area is 125 Å². The quantitative estimate of drug-likeness (QED) is 0.573. The smallest absolute Gasteiger partial charge is 0.337 e. The molecule has 0 aliphatic carbocycles. The summed E-state index contributed by atoms with van der Waals surface area (Å²) in [6, 6.07) is 3.42. The van der Waals surface area contributed by atoms with Crippen LogP contribution in [0.3, 0.4) is 0 Å². The minimum Gasteiger partial charge on any atom is -0.478 e. The number of aromatic carboxylic acids is 1. The molecule has 4 nitrogen and oxygen atoms in total. The maximum absolute atomic E-state index is 13.7. The Morgan fingerprint density at radius 3 is 2.24 bits per heavy atom. The van der Waals surface area contributed by atoms with Crippen molar-refractivity contribution in [3.05, 3.63) is 51.8 Å². The number of carboxylic acids is 1. The molecule has 0 bridgehead atoms.